The normalized spacial score (nSPS) is 14.6. The van der Waals surface area contributed by atoms with Crippen molar-refractivity contribution in [3.8, 4) is 11.1 Å². The zero-order chi connectivity index (χ0) is 14.8. The summed E-state index contributed by atoms with van der Waals surface area (Å²) in [6.07, 6.45) is 6.98. The summed E-state index contributed by atoms with van der Waals surface area (Å²) >= 11 is 3.66. The van der Waals surface area contributed by atoms with Gasteiger partial charge >= 0.3 is 0 Å². The number of hydrogen-bond donors (Lipinski definition) is 0. The van der Waals surface area contributed by atoms with E-state index >= 15 is 0 Å². The molecule has 0 aromatic heterocycles. The average Bonchev–Trinajstić information content (AvgIpc) is 2.46. The van der Waals surface area contributed by atoms with Crippen LogP contribution < -0.4 is 0 Å². The Bertz CT molecular complexity index is 735. The summed E-state index contributed by atoms with van der Waals surface area (Å²) in [6.45, 7) is 4.35. The van der Waals surface area contributed by atoms with Gasteiger partial charge in [0.15, 0.2) is 0 Å². The van der Waals surface area contributed by atoms with Crippen molar-refractivity contribution in [2.24, 2.45) is 0 Å². The van der Waals surface area contributed by atoms with Gasteiger partial charge in [0.1, 0.15) is 0 Å². The molecule has 0 saturated carbocycles. The van der Waals surface area contributed by atoms with Crippen LogP contribution in [0.2, 0.25) is 0 Å². The monoisotopic (exact) mass is 338 g/mol. The Labute approximate surface area is 135 Å². The number of hydrogen-bond acceptors (Lipinski definition) is 0. The minimum absolute atomic E-state index is 1.13. The van der Waals surface area contributed by atoms with Crippen LogP contribution in [0.25, 0.3) is 16.7 Å². The molecule has 21 heavy (non-hydrogen) atoms. The Morgan fingerprint density at radius 2 is 1.71 bits per heavy atom. The SMILES string of the molecule is CC1=CC(c2cc(Br)cc(-c3cccc(C)c3)c2)=CCC1. The highest BCUT2D eigenvalue weighted by Gasteiger charge is 2.08. The number of benzene rings is 2. The molecule has 0 N–H and O–H groups in total. The van der Waals surface area contributed by atoms with Gasteiger partial charge in [-0.2, -0.15) is 0 Å². The summed E-state index contributed by atoms with van der Waals surface area (Å²) in [5.41, 5.74) is 7.93. The standard InChI is InChI=1S/C20H19Br/c1-14-5-3-7-16(9-14)18-11-19(13-20(21)12-18)17-8-4-6-15(2)10-17/h3,5,7-13H,4,6H2,1-2H3. The molecule has 0 aliphatic heterocycles. The molecule has 1 aliphatic rings. The summed E-state index contributed by atoms with van der Waals surface area (Å²) in [4.78, 5) is 0. The van der Waals surface area contributed by atoms with E-state index in [9.17, 15) is 0 Å². The molecular formula is C20H19Br. The van der Waals surface area contributed by atoms with Gasteiger partial charge < -0.3 is 0 Å². The third-order valence-electron chi connectivity index (χ3n) is 3.89. The average molecular weight is 339 g/mol. The van der Waals surface area contributed by atoms with Gasteiger partial charge in [-0.05, 0) is 67.2 Å². The number of halogens is 1. The molecule has 0 atom stereocenters. The predicted octanol–water partition coefficient (Wildman–Crippen LogP) is 6.55. The smallest absolute Gasteiger partial charge is 0.0187 e. The first kappa shape index (κ1) is 14.3. The second-order valence-electron chi connectivity index (χ2n) is 5.79. The molecule has 2 aromatic carbocycles. The fourth-order valence-corrected chi connectivity index (χ4v) is 3.29. The fourth-order valence-electron chi connectivity index (χ4n) is 2.80. The lowest BCUT2D eigenvalue weighted by molar-refractivity contribution is 0.966. The predicted molar refractivity (Wildman–Crippen MR) is 95.3 cm³/mol. The molecular weight excluding hydrogens is 320 g/mol. The zero-order valence-electron chi connectivity index (χ0n) is 12.5. The van der Waals surface area contributed by atoms with Crippen molar-refractivity contribution in [1.29, 1.82) is 0 Å². The minimum Gasteiger partial charge on any atom is -0.0763 e. The van der Waals surface area contributed by atoms with E-state index in [1.807, 2.05) is 0 Å². The molecule has 0 bridgehead atoms. The van der Waals surface area contributed by atoms with Crippen molar-refractivity contribution in [2.45, 2.75) is 26.7 Å². The first-order valence-corrected chi connectivity index (χ1v) is 8.16. The van der Waals surface area contributed by atoms with Crippen LogP contribution in [0, 0.1) is 6.92 Å². The van der Waals surface area contributed by atoms with E-state index in [-0.39, 0.29) is 0 Å². The minimum atomic E-state index is 1.13. The van der Waals surface area contributed by atoms with Crippen molar-refractivity contribution in [1.82, 2.24) is 0 Å². The third-order valence-corrected chi connectivity index (χ3v) is 4.35. The third kappa shape index (κ3) is 3.36. The van der Waals surface area contributed by atoms with Crippen LogP contribution in [0.1, 0.15) is 30.9 Å². The number of allylic oxidation sites excluding steroid dienone is 4. The van der Waals surface area contributed by atoms with E-state index in [4.69, 9.17) is 0 Å². The lowest BCUT2D eigenvalue weighted by Crippen LogP contribution is -1.91. The first-order valence-electron chi connectivity index (χ1n) is 7.37. The van der Waals surface area contributed by atoms with Crippen LogP contribution in [0.4, 0.5) is 0 Å². The molecule has 0 nitrogen and oxygen atoms in total. The van der Waals surface area contributed by atoms with E-state index in [1.165, 1.54) is 39.8 Å². The fraction of sp³-hybridized carbons (Fsp3) is 0.200. The van der Waals surface area contributed by atoms with Crippen LogP contribution in [-0.4, -0.2) is 0 Å². The van der Waals surface area contributed by atoms with Gasteiger partial charge in [-0.25, -0.2) is 0 Å². The van der Waals surface area contributed by atoms with E-state index in [1.54, 1.807) is 0 Å². The summed E-state index contributed by atoms with van der Waals surface area (Å²) in [5, 5.41) is 0. The Hall–Kier alpha value is -1.60. The Balaban J connectivity index is 2.07. The topological polar surface area (TPSA) is 0 Å². The maximum absolute atomic E-state index is 3.66. The van der Waals surface area contributed by atoms with Gasteiger partial charge in [-0.15, -0.1) is 0 Å². The number of rotatable bonds is 2. The van der Waals surface area contributed by atoms with Crippen LogP contribution in [-0.2, 0) is 0 Å². The van der Waals surface area contributed by atoms with E-state index < -0.39 is 0 Å². The van der Waals surface area contributed by atoms with Crippen molar-refractivity contribution >= 4 is 21.5 Å². The van der Waals surface area contributed by atoms with Gasteiger partial charge in [0, 0.05) is 4.47 Å². The summed E-state index contributed by atoms with van der Waals surface area (Å²) in [5.74, 6) is 0. The molecule has 0 fully saturated rings. The zero-order valence-corrected chi connectivity index (χ0v) is 14.1. The second-order valence-corrected chi connectivity index (χ2v) is 6.70. The molecule has 0 spiro atoms. The highest BCUT2D eigenvalue weighted by molar-refractivity contribution is 9.10. The first-order chi connectivity index (χ1) is 10.1. The van der Waals surface area contributed by atoms with Crippen molar-refractivity contribution in [3.05, 3.63) is 75.8 Å². The van der Waals surface area contributed by atoms with Gasteiger partial charge in [0.05, 0.1) is 0 Å². The Morgan fingerprint density at radius 1 is 0.905 bits per heavy atom. The highest BCUT2D eigenvalue weighted by Crippen LogP contribution is 2.31. The van der Waals surface area contributed by atoms with Gasteiger partial charge in [-0.3, -0.25) is 0 Å². The lowest BCUT2D eigenvalue weighted by Gasteiger charge is -2.13. The van der Waals surface area contributed by atoms with Crippen LogP contribution in [0.3, 0.4) is 0 Å². The summed E-state index contributed by atoms with van der Waals surface area (Å²) in [7, 11) is 0. The van der Waals surface area contributed by atoms with Gasteiger partial charge in [0.2, 0.25) is 0 Å². The molecule has 1 heteroatoms. The highest BCUT2D eigenvalue weighted by atomic mass is 79.9. The molecule has 0 saturated heterocycles. The Kier molecular flexibility index (Phi) is 4.12. The maximum Gasteiger partial charge on any atom is 0.0187 e. The van der Waals surface area contributed by atoms with Crippen molar-refractivity contribution < 1.29 is 0 Å². The number of aryl methyl sites for hydroxylation is 1. The largest absolute Gasteiger partial charge is 0.0763 e. The molecule has 0 amide bonds. The lowest BCUT2D eigenvalue weighted by atomic mass is 9.93. The quantitative estimate of drug-likeness (QED) is 0.582. The maximum atomic E-state index is 3.66. The van der Waals surface area contributed by atoms with Gasteiger partial charge in [0.25, 0.3) is 0 Å². The molecule has 0 heterocycles. The van der Waals surface area contributed by atoms with Gasteiger partial charge in [-0.1, -0.05) is 63.5 Å². The molecule has 2 aromatic rings. The molecule has 0 unspecified atom stereocenters. The van der Waals surface area contributed by atoms with E-state index in [0.717, 1.165) is 10.9 Å². The van der Waals surface area contributed by atoms with Crippen molar-refractivity contribution in [3.63, 3.8) is 0 Å². The molecule has 0 radical (unpaired) electrons. The summed E-state index contributed by atoms with van der Waals surface area (Å²) < 4.78 is 1.13. The van der Waals surface area contributed by atoms with E-state index in [2.05, 4.69) is 84.4 Å². The van der Waals surface area contributed by atoms with E-state index in [0.29, 0.717) is 0 Å². The van der Waals surface area contributed by atoms with Crippen LogP contribution in [0.15, 0.2) is 64.7 Å². The molecule has 106 valence electrons. The van der Waals surface area contributed by atoms with Crippen LogP contribution >= 0.6 is 15.9 Å². The Morgan fingerprint density at radius 3 is 2.48 bits per heavy atom. The molecule has 3 rings (SSSR count). The van der Waals surface area contributed by atoms with Crippen LogP contribution in [0.5, 0.6) is 0 Å². The summed E-state index contributed by atoms with van der Waals surface area (Å²) in [6, 6.07) is 15.4. The molecule has 1 aliphatic carbocycles. The van der Waals surface area contributed by atoms with Crippen molar-refractivity contribution in [2.75, 3.05) is 0 Å². The second kappa shape index (κ2) is 6.03.